The maximum atomic E-state index is 11.9. The molecule has 1 fully saturated rings. The fourth-order valence-electron chi connectivity index (χ4n) is 1.62. The van der Waals surface area contributed by atoms with Gasteiger partial charge in [0.2, 0.25) is 0 Å². The van der Waals surface area contributed by atoms with E-state index >= 15 is 0 Å². The summed E-state index contributed by atoms with van der Waals surface area (Å²) in [6.45, 7) is 1.98. The van der Waals surface area contributed by atoms with E-state index in [1.54, 1.807) is 6.08 Å². The van der Waals surface area contributed by atoms with Crippen LogP contribution in [0.25, 0.3) is 6.08 Å². The molecule has 3 nitrogen and oxygen atoms in total. The van der Waals surface area contributed by atoms with Gasteiger partial charge in [0, 0.05) is 0 Å². The summed E-state index contributed by atoms with van der Waals surface area (Å²) < 4.78 is 0. The molecule has 90 valence electrons. The molecule has 18 heavy (non-hydrogen) atoms. The molecule has 2 rings (SSSR count). The SMILES string of the molecule is C#CCN1C(=O)S/C(=C/c2ccccc2C)C1=O. The molecule has 1 saturated heterocycles. The third-order valence-corrected chi connectivity index (χ3v) is 3.51. The first kappa shape index (κ1) is 12.5. The summed E-state index contributed by atoms with van der Waals surface area (Å²) in [4.78, 5) is 25.0. The van der Waals surface area contributed by atoms with Crippen LogP contribution >= 0.6 is 11.8 Å². The number of imide groups is 1. The third kappa shape index (κ3) is 2.31. The molecule has 0 bridgehead atoms. The number of terminal acetylenes is 1. The molecule has 0 radical (unpaired) electrons. The lowest BCUT2D eigenvalue weighted by molar-refractivity contribution is -0.122. The molecule has 4 heteroatoms. The van der Waals surface area contributed by atoms with Crippen LogP contribution in [0.2, 0.25) is 0 Å². The van der Waals surface area contributed by atoms with E-state index in [4.69, 9.17) is 6.42 Å². The minimum atomic E-state index is -0.314. The number of carbonyl (C=O) groups is 2. The molecule has 1 aromatic rings. The lowest BCUT2D eigenvalue weighted by Crippen LogP contribution is -2.28. The number of aryl methyl sites for hydroxylation is 1. The standard InChI is InChI=1S/C14H11NO2S/c1-3-8-15-13(16)12(18-14(15)17)9-11-7-5-4-6-10(11)2/h1,4-7,9H,8H2,2H3/b12-9+. The van der Waals surface area contributed by atoms with Crippen LogP contribution in [0.5, 0.6) is 0 Å². The Balaban J connectivity index is 2.32. The van der Waals surface area contributed by atoms with E-state index in [-0.39, 0.29) is 17.7 Å². The van der Waals surface area contributed by atoms with Crippen molar-refractivity contribution < 1.29 is 9.59 Å². The Morgan fingerprint density at radius 3 is 2.78 bits per heavy atom. The van der Waals surface area contributed by atoms with Gasteiger partial charge in [-0.05, 0) is 35.9 Å². The highest BCUT2D eigenvalue weighted by Gasteiger charge is 2.34. The monoisotopic (exact) mass is 257 g/mol. The van der Waals surface area contributed by atoms with Crippen molar-refractivity contribution in [3.05, 3.63) is 40.3 Å². The predicted octanol–water partition coefficient (Wildman–Crippen LogP) is 2.66. The fourth-order valence-corrected chi connectivity index (χ4v) is 2.45. The highest BCUT2D eigenvalue weighted by atomic mass is 32.2. The van der Waals surface area contributed by atoms with Gasteiger partial charge < -0.3 is 0 Å². The Morgan fingerprint density at radius 1 is 1.39 bits per heavy atom. The molecule has 1 aromatic carbocycles. The largest absolute Gasteiger partial charge is 0.294 e. The number of hydrogen-bond acceptors (Lipinski definition) is 3. The van der Waals surface area contributed by atoms with Gasteiger partial charge in [0.05, 0.1) is 11.4 Å². The minimum absolute atomic E-state index is 0.0236. The van der Waals surface area contributed by atoms with Gasteiger partial charge in [-0.25, -0.2) is 0 Å². The van der Waals surface area contributed by atoms with Crippen molar-refractivity contribution in [1.29, 1.82) is 0 Å². The van der Waals surface area contributed by atoms with Crippen molar-refractivity contribution in [3.63, 3.8) is 0 Å². The highest BCUT2D eigenvalue weighted by Crippen LogP contribution is 2.32. The Kier molecular flexibility index (Phi) is 3.54. The minimum Gasteiger partial charge on any atom is -0.268 e. The Morgan fingerprint density at radius 2 is 2.11 bits per heavy atom. The van der Waals surface area contributed by atoms with E-state index in [0.717, 1.165) is 27.8 Å². The number of thioether (sulfide) groups is 1. The number of carbonyl (C=O) groups excluding carboxylic acids is 2. The van der Waals surface area contributed by atoms with Gasteiger partial charge in [0.25, 0.3) is 11.1 Å². The van der Waals surface area contributed by atoms with Gasteiger partial charge in [0.1, 0.15) is 0 Å². The van der Waals surface area contributed by atoms with Gasteiger partial charge in [-0.15, -0.1) is 6.42 Å². The average Bonchev–Trinajstić information content (AvgIpc) is 2.60. The van der Waals surface area contributed by atoms with Crippen molar-refractivity contribution in [2.24, 2.45) is 0 Å². The Labute approximate surface area is 110 Å². The first-order valence-electron chi connectivity index (χ1n) is 5.38. The molecule has 1 aliphatic rings. The highest BCUT2D eigenvalue weighted by molar-refractivity contribution is 8.18. The Hall–Kier alpha value is -1.99. The maximum absolute atomic E-state index is 11.9. The van der Waals surface area contributed by atoms with Gasteiger partial charge in [0.15, 0.2) is 0 Å². The maximum Gasteiger partial charge on any atom is 0.294 e. The van der Waals surface area contributed by atoms with Crippen molar-refractivity contribution >= 4 is 29.0 Å². The van der Waals surface area contributed by atoms with Crippen molar-refractivity contribution in [2.45, 2.75) is 6.92 Å². The number of nitrogens with zero attached hydrogens (tertiary/aromatic N) is 1. The number of benzene rings is 1. The van der Waals surface area contributed by atoms with Gasteiger partial charge in [-0.2, -0.15) is 0 Å². The van der Waals surface area contributed by atoms with Crippen molar-refractivity contribution in [2.75, 3.05) is 6.54 Å². The second-order valence-electron chi connectivity index (χ2n) is 3.83. The first-order chi connectivity index (χ1) is 8.63. The smallest absolute Gasteiger partial charge is 0.268 e. The van der Waals surface area contributed by atoms with E-state index in [0.29, 0.717) is 4.91 Å². The van der Waals surface area contributed by atoms with Crippen LogP contribution in [0.4, 0.5) is 4.79 Å². The summed E-state index contributed by atoms with van der Waals surface area (Å²) in [5, 5.41) is -0.308. The Bertz CT molecular complexity index is 584. The molecule has 0 saturated carbocycles. The summed E-state index contributed by atoms with van der Waals surface area (Å²) in [6.07, 6.45) is 6.86. The first-order valence-corrected chi connectivity index (χ1v) is 6.19. The van der Waals surface area contributed by atoms with E-state index in [1.165, 1.54) is 0 Å². The van der Waals surface area contributed by atoms with E-state index in [2.05, 4.69) is 5.92 Å². The second-order valence-corrected chi connectivity index (χ2v) is 4.82. The zero-order valence-corrected chi connectivity index (χ0v) is 10.7. The van der Waals surface area contributed by atoms with E-state index in [9.17, 15) is 9.59 Å². The van der Waals surface area contributed by atoms with Crippen LogP contribution in [0.15, 0.2) is 29.2 Å². The third-order valence-electron chi connectivity index (χ3n) is 2.60. The van der Waals surface area contributed by atoms with Crippen LogP contribution in [-0.4, -0.2) is 22.6 Å². The lowest BCUT2D eigenvalue weighted by atomic mass is 10.1. The van der Waals surface area contributed by atoms with Gasteiger partial charge in [-0.3, -0.25) is 14.5 Å². The summed E-state index contributed by atoms with van der Waals surface area (Å²) in [7, 11) is 0. The number of amides is 2. The van der Waals surface area contributed by atoms with Gasteiger partial charge >= 0.3 is 0 Å². The molecule has 0 spiro atoms. The summed E-state index contributed by atoms with van der Waals surface area (Å²) in [6, 6.07) is 7.68. The van der Waals surface area contributed by atoms with Crippen LogP contribution in [0, 0.1) is 19.3 Å². The zero-order chi connectivity index (χ0) is 13.1. The number of rotatable bonds is 2. The summed E-state index contributed by atoms with van der Waals surface area (Å²) >= 11 is 0.928. The molecule has 2 amide bonds. The van der Waals surface area contributed by atoms with E-state index < -0.39 is 0 Å². The zero-order valence-electron chi connectivity index (χ0n) is 9.84. The fraction of sp³-hybridized carbons (Fsp3) is 0.143. The molecule has 0 atom stereocenters. The predicted molar refractivity (Wildman–Crippen MR) is 72.7 cm³/mol. The molecule has 0 aliphatic carbocycles. The average molecular weight is 257 g/mol. The second kappa shape index (κ2) is 5.11. The topological polar surface area (TPSA) is 37.4 Å². The van der Waals surface area contributed by atoms with Crippen LogP contribution < -0.4 is 0 Å². The summed E-state index contributed by atoms with van der Waals surface area (Å²) in [5.41, 5.74) is 1.99. The number of hydrogen-bond donors (Lipinski definition) is 0. The molecule has 0 aromatic heterocycles. The molecular formula is C14H11NO2S. The van der Waals surface area contributed by atoms with Gasteiger partial charge in [-0.1, -0.05) is 30.2 Å². The normalized spacial score (nSPS) is 17.3. The van der Waals surface area contributed by atoms with Crippen LogP contribution in [0.1, 0.15) is 11.1 Å². The molecule has 0 N–H and O–H groups in total. The molecule has 1 aliphatic heterocycles. The molecule has 0 unspecified atom stereocenters. The van der Waals surface area contributed by atoms with Crippen molar-refractivity contribution in [1.82, 2.24) is 4.90 Å². The molecule has 1 heterocycles. The lowest BCUT2D eigenvalue weighted by Gasteiger charge is -2.06. The quantitative estimate of drug-likeness (QED) is 0.604. The van der Waals surface area contributed by atoms with Crippen LogP contribution in [0.3, 0.4) is 0 Å². The van der Waals surface area contributed by atoms with E-state index in [1.807, 2.05) is 31.2 Å². The summed E-state index contributed by atoms with van der Waals surface area (Å²) in [5.74, 6) is 2.00. The van der Waals surface area contributed by atoms with Crippen LogP contribution in [-0.2, 0) is 4.79 Å². The molecular weight excluding hydrogens is 246 g/mol. The van der Waals surface area contributed by atoms with Crippen molar-refractivity contribution in [3.8, 4) is 12.3 Å².